The Bertz CT molecular complexity index is 540. The van der Waals surface area contributed by atoms with Crippen molar-refractivity contribution in [1.82, 2.24) is 9.78 Å². The lowest BCUT2D eigenvalue weighted by molar-refractivity contribution is 0.821. The van der Waals surface area contributed by atoms with Crippen molar-refractivity contribution in [1.29, 1.82) is 0 Å². The lowest BCUT2D eigenvalue weighted by Gasteiger charge is -2.04. The van der Waals surface area contributed by atoms with E-state index >= 15 is 0 Å². The molecule has 3 nitrogen and oxygen atoms in total. The molecule has 2 rings (SSSR count). The van der Waals surface area contributed by atoms with Crippen LogP contribution in [0.3, 0.4) is 0 Å². The largest absolute Gasteiger partial charge is 0.330 e. The maximum absolute atomic E-state index is 6.11. The van der Waals surface area contributed by atoms with Crippen molar-refractivity contribution < 1.29 is 0 Å². The molecule has 0 radical (unpaired) electrons. The van der Waals surface area contributed by atoms with Crippen LogP contribution < -0.4 is 5.73 Å². The number of rotatable bonds is 3. The Kier molecular flexibility index (Phi) is 4.09. The van der Waals surface area contributed by atoms with Crippen LogP contribution in [-0.4, -0.2) is 16.3 Å². The van der Waals surface area contributed by atoms with Crippen molar-refractivity contribution in [2.75, 3.05) is 6.54 Å². The van der Waals surface area contributed by atoms with Gasteiger partial charge in [-0.3, -0.25) is 0 Å². The first-order valence-electron chi connectivity index (χ1n) is 5.01. The lowest BCUT2D eigenvalue weighted by Crippen LogP contribution is -2.04. The van der Waals surface area contributed by atoms with Crippen LogP contribution in [0.1, 0.15) is 5.69 Å². The maximum Gasteiger partial charge on any atom is 0.0847 e. The molecule has 0 atom stereocenters. The average molecular weight is 335 g/mol. The molecule has 0 bridgehead atoms. The molecule has 0 amide bonds. The molecule has 1 aromatic carbocycles. The predicted molar refractivity (Wildman–Crippen MR) is 74.0 cm³/mol. The van der Waals surface area contributed by atoms with Gasteiger partial charge in [-0.2, -0.15) is 5.10 Å². The standard InChI is InChI=1S/C11H10BrCl2N3/c12-8-6-17(16-10(8)3-4-15)11-5-7(13)1-2-9(11)14/h1-2,5-6H,3-4,15H2. The minimum atomic E-state index is 0.554. The molecular formula is C11H10BrCl2N3. The van der Waals surface area contributed by atoms with Crippen LogP contribution in [-0.2, 0) is 6.42 Å². The number of hydrogen-bond donors (Lipinski definition) is 1. The van der Waals surface area contributed by atoms with Crippen molar-refractivity contribution in [3.8, 4) is 5.69 Å². The molecule has 0 aliphatic heterocycles. The van der Waals surface area contributed by atoms with E-state index in [1.165, 1.54) is 0 Å². The number of benzene rings is 1. The molecule has 90 valence electrons. The van der Waals surface area contributed by atoms with Crippen LogP contribution in [0.2, 0.25) is 10.0 Å². The summed E-state index contributed by atoms with van der Waals surface area (Å²) in [5.41, 5.74) is 7.17. The Labute approximate surface area is 118 Å². The maximum atomic E-state index is 6.11. The summed E-state index contributed by atoms with van der Waals surface area (Å²) in [6.45, 7) is 0.554. The second-order valence-electron chi connectivity index (χ2n) is 3.50. The Morgan fingerprint density at radius 1 is 1.35 bits per heavy atom. The first-order valence-corrected chi connectivity index (χ1v) is 6.56. The highest BCUT2D eigenvalue weighted by Crippen LogP contribution is 2.26. The quantitative estimate of drug-likeness (QED) is 0.934. The van der Waals surface area contributed by atoms with E-state index in [0.29, 0.717) is 23.0 Å². The number of hydrogen-bond acceptors (Lipinski definition) is 2. The van der Waals surface area contributed by atoms with Gasteiger partial charge in [0.1, 0.15) is 0 Å². The van der Waals surface area contributed by atoms with Crippen LogP contribution in [0.25, 0.3) is 5.69 Å². The second kappa shape index (κ2) is 5.40. The van der Waals surface area contributed by atoms with Crippen LogP contribution in [0.15, 0.2) is 28.9 Å². The lowest BCUT2D eigenvalue weighted by atomic mass is 10.3. The third kappa shape index (κ3) is 2.83. The summed E-state index contributed by atoms with van der Waals surface area (Å²) in [5.74, 6) is 0. The number of nitrogens with two attached hydrogens (primary N) is 1. The van der Waals surface area contributed by atoms with Gasteiger partial charge >= 0.3 is 0 Å². The zero-order valence-corrected chi connectivity index (χ0v) is 11.9. The van der Waals surface area contributed by atoms with Gasteiger partial charge in [0.2, 0.25) is 0 Å². The van der Waals surface area contributed by atoms with E-state index in [0.717, 1.165) is 15.9 Å². The molecule has 0 spiro atoms. The molecule has 0 saturated carbocycles. The average Bonchev–Trinajstić information content (AvgIpc) is 2.64. The summed E-state index contributed by atoms with van der Waals surface area (Å²) in [6.07, 6.45) is 2.56. The molecule has 0 unspecified atom stereocenters. The normalized spacial score (nSPS) is 10.8. The van der Waals surface area contributed by atoms with Gasteiger partial charge in [-0.1, -0.05) is 23.2 Å². The number of nitrogens with zero attached hydrogens (tertiary/aromatic N) is 2. The van der Waals surface area contributed by atoms with Crippen LogP contribution in [0.5, 0.6) is 0 Å². The highest BCUT2D eigenvalue weighted by Gasteiger charge is 2.10. The topological polar surface area (TPSA) is 43.8 Å². The van der Waals surface area contributed by atoms with Gasteiger partial charge in [0, 0.05) is 17.6 Å². The molecule has 2 N–H and O–H groups in total. The summed E-state index contributed by atoms with van der Waals surface area (Å²) in [4.78, 5) is 0. The van der Waals surface area contributed by atoms with Crippen molar-refractivity contribution in [3.63, 3.8) is 0 Å². The molecule has 6 heteroatoms. The van der Waals surface area contributed by atoms with Gasteiger partial charge < -0.3 is 5.73 Å². The van der Waals surface area contributed by atoms with Crippen molar-refractivity contribution in [2.45, 2.75) is 6.42 Å². The highest BCUT2D eigenvalue weighted by molar-refractivity contribution is 9.10. The molecule has 0 saturated heterocycles. The van der Waals surface area contributed by atoms with Crippen molar-refractivity contribution in [2.24, 2.45) is 5.73 Å². The summed E-state index contributed by atoms with van der Waals surface area (Å²) in [7, 11) is 0. The molecule has 1 aromatic heterocycles. The third-order valence-electron chi connectivity index (χ3n) is 2.28. The van der Waals surface area contributed by atoms with Crippen molar-refractivity contribution >= 4 is 39.1 Å². The second-order valence-corrected chi connectivity index (χ2v) is 5.20. The monoisotopic (exact) mass is 333 g/mol. The first-order chi connectivity index (χ1) is 8.11. The first kappa shape index (κ1) is 12.9. The Balaban J connectivity index is 2.45. The van der Waals surface area contributed by atoms with Gasteiger partial charge in [0.05, 0.1) is 20.9 Å². The van der Waals surface area contributed by atoms with E-state index in [4.69, 9.17) is 28.9 Å². The van der Waals surface area contributed by atoms with Crippen LogP contribution >= 0.6 is 39.1 Å². The zero-order chi connectivity index (χ0) is 12.4. The zero-order valence-electron chi connectivity index (χ0n) is 8.83. The molecule has 0 aliphatic carbocycles. The Morgan fingerprint density at radius 2 is 2.12 bits per heavy atom. The summed E-state index contributed by atoms with van der Waals surface area (Å²) >= 11 is 15.5. The molecule has 17 heavy (non-hydrogen) atoms. The minimum absolute atomic E-state index is 0.554. The van der Waals surface area contributed by atoms with E-state index in [9.17, 15) is 0 Å². The van der Waals surface area contributed by atoms with E-state index in [1.54, 1.807) is 22.9 Å². The van der Waals surface area contributed by atoms with E-state index in [2.05, 4.69) is 21.0 Å². The minimum Gasteiger partial charge on any atom is -0.330 e. The summed E-state index contributed by atoms with van der Waals surface area (Å²) < 4.78 is 2.61. The molecule has 2 aromatic rings. The smallest absolute Gasteiger partial charge is 0.0847 e. The summed E-state index contributed by atoms with van der Waals surface area (Å²) in [6, 6.07) is 5.26. The van der Waals surface area contributed by atoms with Crippen LogP contribution in [0, 0.1) is 0 Å². The van der Waals surface area contributed by atoms with Gasteiger partial charge in [-0.15, -0.1) is 0 Å². The molecule has 0 fully saturated rings. The predicted octanol–water partition coefficient (Wildman–Crippen LogP) is 3.44. The van der Waals surface area contributed by atoms with Gasteiger partial charge in [-0.25, -0.2) is 4.68 Å². The number of aromatic nitrogens is 2. The fourth-order valence-corrected chi connectivity index (χ4v) is 2.32. The van der Waals surface area contributed by atoms with E-state index in [1.807, 2.05) is 6.20 Å². The molecule has 1 heterocycles. The highest BCUT2D eigenvalue weighted by atomic mass is 79.9. The van der Waals surface area contributed by atoms with Gasteiger partial charge in [0.25, 0.3) is 0 Å². The fraction of sp³-hybridized carbons (Fsp3) is 0.182. The Morgan fingerprint density at radius 3 is 2.82 bits per heavy atom. The van der Waals surface area contributed by atoms with Gasteiger partial charge in [0.15, 0.2) is 0 Å². The molecule has 0 aliphatic rings. The molecular weight excluding hydrogens is 325 g/mol. The van der Waals surface area contributed by atoms with E-state index in [-0.39, 0.29) is 0 Å². The SMILES string of the molecule is NCCc1nn(-c2cc(Cl)ccc2Cl)cc1Br. The summed E-state index contributed by atoms with van der Waals surface area (Å²) in [5, 5.41) is 5.64. The van der Waals surface area contributed by atoms with E-state index < -0.39 is 0 Å². The van der Waals surface area contributed by atoms with Gasteiger partial charge in [-0.05, 0) is 40.7 Å². The van der Waals surface area contributed by atoms with Crippen molar-refractivity contribution in [3.05, 3.63) is 44.6 Å². The van der Waals surface area contributed by atoms with Crippen LogP contribution in [0.4, 0.5) is 0 Å². The number of halogens is 3. The third-order valence-corrected chi connectivity index (χ3v) is 3.49. The Hall–Kier alpha value is -0.550. The fourth-order valence-electron chi connectivity index (χ4n) is 1.48.